The van der Waals surface area contributed by atoms with Crippen molar-refractivity contribution in [2.45, 2.75) is 121 Å². The number of carboxylic acid groups (broad SMARTS) is 1. The van der Waals surface area contributed by atoms with Gasteiger partial charge in [0.1, 0.15) is 42.0 Å². The number of nitrogens with one attached hydrogen (secondary N) is 6. The summed E-state index contributed by atoms with van der Waals surface area (Å²) in [7, 11) is 0. The summed E-state index contributed by atoms with van der Waals surface area (Å²) in [4.78, 5) is 112. The summed E-state index contributed by atoms with van der Waals surface area (Å²) in [6, 6.07) is -2.74. The van der Waals surface area contributed by atoms with Crippen molar-refractivity contribution in [1.29, 1.82) is 0 Å². The fourth-order valence-corrected chi connectivity index (χ4v) is 7.46. The van der Waals surface area contributed by atoms with E-state index < -0.39 is 102 Å². The number of aliphatic imine (C=N–C) groups is 1. The highest BCUT2D eigenvalue weighted by Crippen LogP contribution is 2.24. The van der Waals surface area contributed by atoms with Crippen LogP contribution in [0.5, 0.6) is 5.75 Å². The molecule has 0 aliphatic carbocycles. The van der Waals surface area contributed by atoms with E-state index in [0.29, 0.717) is 18.4 Å². The van der Waals surface area contributed by atoms with Gasteiger partial charge in [0, 0.05) is 18.6 Å². The SMILES string of the molecule is CC(C)C[C@@H]1NC(=O)[C@H](C(C)C)NC(=O)C2CSC(=N2)[C@H](CCC(N)=O)NC(=O)[C@H](CC(=O)O)NC(=O)[C@H](CCCCN)NC(=O)[C@H](Cc2ccc(O)cc2)NC1=O. The number of nitrogens with zero attached hydrogens (tertiary/aromatic N) is 1. The number of nitrogens with two attached hydrogens (primary N) is 2. The lowest BCUT2D eigenvalue weighted by molar-refractivity contribution is -0.141. The quantitative estimate of drug-likeness (QED) is 0.100. The van der Waals surface area contributed by atoms with Crippen LogP contribution >= 0.6 is 11.8 Å². The first-order valence-corrected chi connectivity index (χ1v) is 20.4. The summed E-state index contributed by atoms with van der Waals surface area (Å²) < 4.78 is 0. The van der Waals surface area contributed by atoms with E-state index >= 15 is 0 Å². The van der Waals surface area contributed by atoms with E-state index in [1.807, 2.05) is 13.8 Å². The van der Waals surface area contributed by atoms with Crippen molar-refractivity contribution in [2.24, 2.45) is 28.3 Å². The van der Waals surface area contributed by atoms with E-state index in [1.165, 1.54) is 12.1 Å². The molecule has 2 heterocycles. The number of thioether (sulfide) groups is 1. The predicted octanol–water partition coefficient (Wildman–Crippen LogP) is -1.06. The van der Waals surface area contributed by atoms with Crippen molar-refractivity contribution >= 4 is 64.1 Å². The van der Waals surface area contributed by atoms with Crippen molar-refractivity contribution in [3.05, 3.63) is 29.8 Å². The van der Waals surface area contributed by atoms with E-state index in [1.54, 1.807) is 26.0 Å². The summed E-state index contributed by atoms with van der Waals surface area (Å²) in [5.74, 6) is -7.24. The van der Waals surface area contributed by atoms with E-state index in [4.69, 9.17) is 11.5 Å². The third kappa shape index (κ3) is 14.9. The summed E-state index contributed by atoms with van der Waals surface area (Å²) in [6.45, 7) is 7.37. The fraction of sp³-hybridized carbons (Fsp3) is 0.605. The molecular formula is C38H57N9O10S. The maximum absolute atomic E-state index is 14.1. The molecular weight excluding hydrogens is 775 g/mol. The Bertz CT molecular complexity index is 1690. The van der Waals surface area contributed by atoms with Crippen LogP contribution in [0.15, 0.2) is 29.3 Å². The van der Waals surface area contributed by atoms with Gasteiger partial charge in [-0.15, -0.1) is 11.8 Å². The van der Waals surface area contributed by atoms with E-state index in [0.717, 1.165) is 11.8 Å². The number of rotatable bonds is 14. The van der Waals surface area contributed by atoms with Crippen LogP contribution in [0.25, 0.3) is 0 Å². The van der Waals surface area contributed by atoms with Crippen LogP contribution in [-0.4, -0.2) is 117 Å². The lowest BCUT2D eigenvalue weighted by atomic mass is 9.98. The fourth-order valence-electron chi connectivity index (χ4n) is 6.32. The number of primary amides is 1. The van der Waals surface area contributed by atoms with Crippen molar-refractivity contribution in [3.8, 4) is 5.75 Å². The number of carbonyl (C=O) groups is 8. The number of hydrogen-bond donors (Lipinski definition) is 10. The number of carboxylic acids is 1. The molecule has 58 heavy (non-hydrogen) atoms. The molecule has 2 bridgehead atoms. The van der Waals surface area contributed by atoms with Crippen molar-refractivity contribution < 1.29 is 48.6 Å². The minimum Gasteiger partial charge on any atom is -0.508 e. The second kappa shape index (κ2) is 22.6. The molecule has 19 nitrogen and oxygen atoms in total. The zero-order valence-electron chi connectivity index (χ0n) is 33.2. The first-order chi connectivity index (χ1) is 27.4. The number of aromatic hydroxyl groups is 1. The van der Waals surface area contributed by atoms with Gasteiger partial charge in [0.05, 0.1) is 17.5 Å². The number of amides is 7. The molecule has 0 saturated carbocycles. The second-order valence-electron chi connectivity index (χ2n) is 15.2. The predicted molar refractivity (Wildman–Crippen MR) is 215 cm³/mol. The molecule has 2 aliphatic rings. The lowest BCUT2D eigenvalue weighted by Gasteiger charge is -2.29. The van der Waals surface area contributed by atoms with Gasteiger partial charge < -0.3 is 53.6 Å². The average molecular weight is 832 g/mol. The van der Waals surface area contributed by atoms with Crippen LogP contribution in [0.4, 0.5) is 0 Å². The van der Waals surface area contributed by atoms with E-state index in [9.17, 15) is 48.6 Å². The highest BCUT2D eigenvalue weighted by atomic mass is 32.2. The van der Waals surface area contributed by atoms with Gasteiger partial charge in [0.25, 0.3) is 0 Å². The summed E-state index contributed by atoms with van der Waals surface area (Å²) in [6.07, 6.45) is -0.264. The molecule has 20 heteroatoms. The van der Waals surface area contributed by atoms with Crippen LogP contribution in [0.2, 0.25) is 0 Å². The normalized spacial score (nSPS) is 25.4. The Morgan fingerprint density at radius 2 is 1.33 bits per heavy atom. The highest BCUT2D eigenvalue weighted by molar-refractivity contribution is 8.14. The maximum atomic E-state index is 14.1. The first-order valence-electron chi connectivity index (χ1n) is 19.4. The van der Waals surface area contributed by atoms with Crippen molar-refractivity contribution in [2.75, 3.05) is 12.3 Å². The third-order valence-corrected chi connectivity index (χ3v) is 10.6. The zero-order valence-corrected chi connectivity index (χ0v) is 34.1. The Balaban J connectivity index is 2.14. The molecule has 12 N–H and O–H groups in total. The number of aliphatic carboxylic acids is 1. The summed E-state index contributed by atoms with van der Waals surface area (Å²) in [5.41, 5.74) is 11.6. The van der Waals surface area contributed by atoms with Gasteiger partial charge in [-0.25, -0.2) is 0 Å². The molecule has 1 unspecified atom stereocenters. The zero-order chi connectivity index (χ0) is 43.1. The van der Waals surface area contributed by atoms with Gasteiger partial charge in [-0.1, -0.05) is 39.8 Å². The first kappa shape index (κ1) is 47.1. The number of hydrogen-bond acceptors (Lipinski definition) is 12. The van der Waals surface area contributed by atoms with Crippen LogP contribution in [0, 0.1) is 11.8 Å². The van der Waals surface area contributed by atoms with E-state index in [2.05, 4.69) is 36.9 Å². The molecule has 1 aromatic rings. The molecule has 3 rings (SSSR count). The molecule has 0 saturated heterocycles. The molecule has 0 aromatic heterocycles. The molecule has 7 atom stereocenters. The second-order valence-corrected chi connectivity index (χ2v) is 16.3. The third-order valence-electron chi connectivity index (χ3n) is 9.46. The molecule has 0 spiro atoms. The van der Waals surface area contributed by atoms with Crippen molar-refractivity contribution in [1.82, 2.24) is 31.9 Å². The number of fused-ring (bicyclic) bond motifs is 1. The standard InChI is InChI=1S/C38H57N9O10S/c1-19(2)15-25-33(53)43-26(16-21-8-10-22(48)11-9-21)34(54)41-23(7-5-6-14-39)32(52)44-27(17-30(50)51)35(55)42-24(12-13-29(40)49)38-46-28(18-58-38)36(56)47-31(20(3)4)37(57)45-25/h8-11,19-20,23-28,31,48H,5-7,12-18,39H2,1-4H3,(H2,40,49)(H,41,54)(H,42,55)(H,43,53)(H,44,52)(H,45,57)(H,47,56)(H,50,51)/t23-,24-,25-,26-,27-,28?,31-/m0/s1. The highest BCUT2D eigenvalue weighted by Gasteiger charge is 2.37. The number of benzene rings is 1. The van der Waals surface area contributed by atoms with Gasteiger partial charge in [-0.3, -0.25) is 43.3 Å². The van der Waals surface area contributed by atoms with Gasteiger partial charge >= 0.3 is 5.97 Å². The number of phenols is 1. The molecule has 2 aliphatic heterocycles. The smallest absolute Gasteiger partial charge is 0.305 e. The van der Waals surface area contributed by atoms with Gasteiger partial charge in [0.2, 0.25) is 41.4 Å². The topological polar surface area (TPSA) is 314 Å². The minimum absolute atomic E-state index is 0.0236. The molecule has 320 valence electrons. The molecule has 7 amide bonds. The Hall–Kier alpha value is -5.24. The lowest BCUT2D eigenvalue weighted by Crippen LogP contribution is -2.60. The van der Waals surface area contributed by atoms with Gasteiger partial charge in [-0.05, 0) is 68.2 Å². The molecule has 1 aromatic carbocycles. The van der Waals surface area contributed by atoms with Crippen LogP contribution in [0.1, 0.15) is 78.2 Å². The Morgan fingerprint density at radius 3 is 1.93 bits per heavy atom. The number of phenolic OH excluding ortho intramolecular Hbond substituents is 1. The van der Waals surface area contributed by atoms with Crippen LogP contribution in [0.3, 0.4) is 0 Å². The largest absolute Gasteiger partial charge is 0.508 e. The molecule has 0 fully saturated rings. The Kier molecular flexibility index (Phi) is 18.4. The Labute approximate surface area is 341 Å². The maximum Gasteiger partial charge on any atom is 0.305 e. The Morgan fingerprint density at radius 1 is 0.759 bits per heavy atom. The van der Waals surface area contributed by atoms with E-state index in [-0.39, 0.29) is 61.1 Å². The summed E-state index contributed by atoms with van der Waals surface area (Å²) >= 11 is 1.11. The van der Waals surface area contributed by atoms with Gasteiger partial charge in [-0.2, -0.15) is 0 Å². The average Bonchev–Trinajstić information content (AvgIpc) is 3.64. The number of carbonyl (C=O) groups excluding carboxylic acids is 7. The van der Waals surface area contributed by atoms with Gasteiger partial charge in [0.15, 0.2) is 0 Å². The monoisotopic (exact) mass is 831 g/mol. The summed E-state index contributed by atoms with van der Waals surface area (Å²) in [5, 5.41) is 35.8. The number of unbranched alkanes of at least 4 members (excludes halogenated alkanes) is 1. The van der Waals surface area contributed by atoms with Crippen LogP contribution in [-0.2, 0) is 44.8 Å². The van der Waals surface area contributed by atoms with Crippen molar-refractivity contribution in [3.63, 3.8) is 0 Å². The van der Waals surface area contributed by atoms with Crippen LogP contribution < -0.4 is 43.4 Å². The minimum atomic E-state index is -1.66. The molecule has 0 radical (unpaired) electrons.